The van der Waals surface area contributed by atoms with Crippen LogP contribution in [0.3, 0.4) is 0 Å². The van der Waals surface area contributed by atoms with Gasteiger partial charge in [-0.1, -0.05) is 20.8 Å². The van der Waals surface area contributed by atoms with Gasteiger partial charge in [0.25, 0.3) is 0 Å². The van der Waals surface area contributed by atoms with E-state index in [0.717, 1.165) is 28.6 Å². The van der Waals surface area contributed by atoms with Gasteiger partial charge >= 0.3 is 0 Å². The highest BCUT2D eigenvalue weighted by Gasteiger charge is 2.26. The van der Waals surface area contributed by atoms with E-state index in [1.165, 1.54) is 11.8 Å². The molecule has 3 rings (SSSR count). The first-order valence-electron chi connectivity index (χ1n) is 13.1. The van der Waals surface area contributed by atoms with Crippen LogP contribution in [0.25, 0.3) is 0 Å². The van der Waals surface area contributed by atoms with Crippen molar-refractivity contribution < 1.29 is 4.79 Å². The van der Waals surface area contributed by atoms with Crippen molar-refractivity contribution in [2.45, 2.75) is 89.9 Å². The van der Waals surface area contributed by atoms with Crippen molar-refractivity contribution in [1.29, 1.82) is 0 Å². The average molecular weight is 541 g/mol. The fourth-order valence-electron chi connectivity index (χ4n) is 4.02. The summed E-state index contributed by atoms with van der Waals surface area (Å²) in [6, 6.07) is 11.5. The molecule has 38 heavy (non-hydrogen) atoms. The molecule has 0 spiro atoms. The molecule has 0 unspecified atom stereocenters. The van der Waals surface area contributed by atoms with Crippen molar-refractivity contribution in [3.05, 3.63) is 42.1 Å². The number of amides is 1. The third kappa shape index (κ3) is 10.3. The highest BCUT2D eigenvalue weighted by molar-refractivity contribution is 7.99. The molecule has 2 aromatic heterocycles. The third-order valence-electron chi connectivity index (χ3n) is 5.06. The van der Waals surface area contributed by atoms with Crippen molar-refractivity contribution >= 4 is 40.8 Å². The normalized spacial score (nSPS) is 11.4. The standard InChI is InChI=1S/C26H38N8OS.C2H6/c1-9-23(35)27-18-10-12-19(13-11-18)36-24-29-20(28-21-14-17(2)31-32-21)15-22(30-24)34(8)16-26(6,7)33-25(3,4)5;1-2/h10-15,33H,9,16H2,1-8H3,(H,27,35)(H2,28,29,30,31,32);1-2H3. The number of carbonyl (C=O) groups excluding carboxylic acids is 1. The Hall–Kier alpha value is -3.11. The monoisotopic (exact) mass is 540 g/mol. The van der Waals surface area contributed by atoms with Crippen LogP contribution < -0.4 is 20.9 Å². The van der Waals surface area contributed by atoms with Crippen molar-refractivity contribution in [3.8, 4) is 0 Å². The molecule has 0 saturated carbocycles. The highest BCUT2D eigenvalue weighted by Crippen LogP contribution is 2.30. The number of nitrogens with zero attached hydrogens (tertiary/aromatic N) is 4. The zero-order valence-corrected chi connectivity index (χ0v) is 25.3. The summed E-state index contributed by atoms with van der Waals surface area (Å²) in [4.78, 5) is 24.4. The zero-order valence-electron chi connectivity index (χ0n) is 24.5. The van der Waals surface area contributed by atoms with Crippen molar-refractivity contribution in [1.82, 2.24) is 25.5 Å². The fourth-order valence-corrected chi connectivity index (χ4v) is 4.79. The zero-order chi connectivity index (χ0) is 28.5. The largest absolute Gasteiger partial charge is 0.358 e. The first-order valence-corrected chi connectivity index (χ1v) is 13.9. The second kappa shape index (κ2) is 13.6. The van der Waals surface area contributed by atoms with Crippen LogP contribution in [0.4, 0.5) is 23.1 Å². The average Bonchev–Trinajstić information content (AvgIpc) is 3.23. The Balaban J connectivity index is 0.00000247. The number of H-pyrrole nitrogens is 1. The summed E-state index contributed by atoms with van der Waals surface area (Å²) in [6.07, 6.45) is 0.442. The van der Waals surface area contributed by atoms with Crippen LogP contribution in [0.15, 0.2) is 46.5 Å². The van der Waals surface area contributed by atoms with E-state index in [1.54, 1.807) is 0 Å². The summed E-state index contributed by atoms with van der Waals surface area (Å²) >= 11 is 1.47. The van der Waals surface area contributed by atoms with Crippen LogP contribution in [0.2, 0.25) is 0 Å². The molecule has 208 valence electrons. The van der Waals surface area contributed by atoms with Crippen molar-refractivity contribution in [2.24, 2.45) is 0 Å². The molecule has 3 aromatic rings. The molecule has 1 aromatic carbocycles. The maximum absolute atomic E-state index is 11.7. The van der Waals surface area contributed by atoms with Crippen LogP contribution in [-0.2, 0) is 4.79 Å². The van der Waals surface area contributed by atoms with Gasteiger partial charge in [-0.05, 0) is 77.6 Å². The molecule has 0 radical (unpaired) electrons. The number of aromatic amines is 1. The molecule has 0 fully saturated rings. The molecule has 1 amide bonds. The minimum atomic E-state index is -0.142. The Morgan fingerprint density at radius 3 is 2.24 bits per heavy atom. The molecular formula is C28H44N8OS. The summed E-state index contributed by atoms with van der Waals surface area (Å²) in [5.74, 6) is 2.15. The van der Waals surface area contributed by atoms with E-state index in [4.69, 9.17) is 9.97 Å². The Bertz CT molecular complexity index is 1170. The minimum absolute atomic E-state index is 0.00961. The Labute approximate surface area is 232 Å². The summed E-state index contributed by atoms with van der Waals surface area (Å²) < 4.78 is 0. The number of carbonyl (C=O) groups is 1. The van der Waals surface area contributed by atoms with E-state index in [2.05, 4.69) is 65.7 Å². The van der Waals surface area contributed by atoms with Gasteiger partial charge in [0.2, 0.25) is 5.91 Å². The van der Waals surface area contributed by atoms with Gasteiger partial charge in [0.05, 0.1) is 0 Å². The predicted octanol–water partition coefficient (Wildman–Crippen LogP) is 6.38. The predicted molar refractivity (Wildman–Crippen MR) is 160 cm³/mol. The van der Waals surface area contributed by atoms with Crippen molar-refractivity contribution in [2.75, 3.05) is 29.1 Å². The topological polar surface area (TPSA) is 111 Å². The van der Waals surface area contributed by atoms with Gasteiger partial charge in [-0.25, -0.2) is 9.97 Å². The molecule has 0 atom stereocenters. The lowest BCUT2D eigenvalue weighted by atomic mass is 9.98. The highest BCUT2D eigenvalue weighted by atomic mass is 32.2. The minimum Gasteiger partial charge on any atom is -0.358 e. The van der Waals surface area contributed by atoms with Crippen LogP contribution in [0.5, 0.6) is 0 Å². The van der Waals surface area contributed by atoms with Crippen LogP contribution >= 0.6 is 11.8 Å². The lowest BCUT2D eigenvalue weighted by Gasteiger charge is -2.38. The quantitative estimate of drug-likeness (QED) is 0.219. The lowest BCUT2D eigenvalue weighted by molar-refractivity contribution is -0.115. The Morgan fingerprint density at radius 1 is 1.03 bits per heavy atom. The Kier molecular flexibility index (Phi) is 11.1. The molecule has 0 aliphatic carbocycles. The lowest BCUT2D eigenvalue weighted by Crippen LogP contribution is -2.55. The number of hydrogen-bond acceptors (Lipinski definition) is 8. The van der Waals surface area contributed by atoms with Gasteiger partial charge in [-0.15, -0.1) is 0 Å². The second-order valence-electron chi connectivity index (χ2n) is 10.6. The summed E-state index contributed by atoms with van der Waals surface area (Å²) in [5, 5.41) is 17.7. The number of nitrogens with one attached hydrogen (secondary N) is 4. The number of anilines is 4. The SMILES string of the molecule is CC.CCC(=O)Nc1ccc(Sc2nc(Nc3cc(C)[nH]n3)cc(N(C)CC(C)(C)NC(C)(C)C)n2)cc1. The van der Waals surface area contributed by atoms with E-state index in [-0.39, 0.29) is 17.0 Å². The van der Waals surface area contributed by atoms with E-state index in [0.29, 0.717) is 23.2 Å². The van der Waals surface area contributed by atoms with Crippen molar-refractivity contribution in [3.63, 3.8) is 0 Å². The van der Waals surface area contributed by atoms with Gasteiger partial charge in [-0.2, -0.15) is 5.10 Å². The number of rotatable bonds is 10. The van der Waals surface area contributed by atoms with Crippen LogP contribution in [-0.4, -0.2) is 50.7 Å². The summed E-state index contributed by atoms with van der Waals surface area (Å²) in [7, 11) is 2.04. The maximum Gasteiger partial charge on any atom is 0.224 e. The van der Waals surface area contributed by atoms with Crippen LogP contribution in [0, 0.1) is 6.92 Å². The van der Waals surface area contributed by atoms with Crippen LogP contribution in [0.1, 0.15) is 67.5 Å². The third-order valence-corrected chi connectivity index (χ3v) is 5.93. The fraction of sp³-hybridized carbons (Fsp3) is 0.500. The number of hydrogen-bond donors (Lipinski definition) is 4. The maximum atomic E-state index is 11.7. The van der Waals surface area contributed by atoms with E-state index in [1.807, 2.05) is 71.1 Å². The first-order chi connectivity index (χ1) is 17.8. The molecule has 2 heterocycles. The smallest absolute Gasteiger partial charge is 0.224 e. The molecule has 0 aliphatic heterocycles. The molecule has 0 bridgehead atoms. The number of benzene rings is 1. The summed E-state index contributed by atoms with van der Waals surface area (Å²) in [5.41, 5.74) is 1.58. The molecule has 9 nitrogen and oxygen atoms in total. The Morgan fingerprint density at radius 2 is 1.68 bits per heavy atom. The summed E-state index contributed by atoms with van der Waals surface area (Å²) in [6.45, 7) is 19.4. The number of aromatic nitrogens is 4. The van der Waals surface area contributed by atoms with Gasteiger partial charge in [0, 0.05) is 59.5 Å². The molecule has 0 aliphatic rings. The molecule has 4 N–H and O–H groups in total. The van der Waals surface area contributed by atoms with E-state index in [9.17, 15) is 4.79 Å². The number of likely N-dealkylation sites (N-methyl/N-ethyl adjacent to an activating group) is 1. The van der Waals surface area contributed by atoms with Gasteiger partial charge in [0.1, 0.15) is 11.6 Å². The second-order valence-corrected chi connectivity index (χ2v) is 11.6. The molecular weight excluding hydrogens is 496 g/mol. The van der Waals surface area contributed by atoms with Gasteiger partial charge < -0.3 is 20.9 Å². The number of aryl methyl sites for hydroxylation is 1. The van der Waals surface area contributed by atoms with Gasteiger partial charge in [-0.3, -0.25) is 9.89 Å². The van der Waals surface area contributed by atoms with E-state index < -0.39 is 0 Å². The first kappa shape index (κ1) is 31.1. The molecule has 10 heteroatoms. The van der Waals surface area contributed by atoms with Gasteiger partial charge in [0.15, 0.2) is 11.0 Å². The molecule has 0 saturated heterocycles. The van der Waals surface area contributed by atoms with E-state index >= 15 is 0 Å².